The minimum atomic E-state index is 0. The number of benzene rings is 8. The fourth-order valence-electron chi connectivity index (χ4n) is 7.69. The van der Waals surface area contributed by atoms with E-state index in [1.165, 1.54) is 0 Å². The summed E-state index contributed by atoms with van der Waals surface area (Å²) in [4.78, 5) is 17.1. The first kappa shape index (κ1) is 44.0. The minimum absolute atomic E-state index is 0. The van der Waals surface area contributed by atoms with E-state index in [4.69, 9.17) is 6.85 Å². The summed E-state index contributed by atoms with van der Waals surface area (Å²) in [7, 11) is 0. The van der Waals surface area contributed by atoms with Crippen molar-refractivity contribution in [3.8, 4) is 23.0 Å². The normalized spacial score (nSPS) is 11.4. The van der Waals surface area contributed by atoms with E-state index in [9.17, 15) is 20.4 Å². The van der Waals surface area contributed by atoms with Crippen LogP contribution < -0.4 is 0 Å². The Labute approximate surface area is 438 Å². The van der Waals surface area contributed by atoms with Gasteiger partial charge in [0, 0.05) is 140 Å². The predicted molar refractivity (Wildman–Crippen MR) is 253 cm³/mol. The third kappa shape index (κ3) is 10.2. The van der Waals surface area contributed by atoms with Crippen molar-refractivity contribution < 1.29 is 105 Å². The van der Waals surface area contributed by atoms with Crippen LogP contribution in [0, 0.1) is 13.8 Å². The second kappa shape index (κ2) is 22.6. The maximum absolute atomic E-state index is 9.98. The molecule has 4 N–H and O–H groups in total. The largest absolute Gasteiger partial charge is 0.507 e. The molecule has 0 radical (unpaired) electrons. The molecule has 8 aromatic carbocycles. The van der Waals surface area contributed by atoms with E-state index in [0.29, 0.717) is 61.6 Å². The number of pyridine rings is 4. The molecule has 0 aliphatic carbocycles. The van der Waals surface area contributed by atoms with Gasteiger partial charge in [-0.05, 0) is 101 Å². The van der Waals surface area contributed by atoms with Crippen LogP contribution in [0.5, 0.6) is 23.0 Å². The Bertz CT molecular complexity index is 3640. The molecule has 12 aromatic rings. The van der Waals surface area contributed by atoms with Crippen LogP contribution in [0.3, 0.4) is 0 Å². The molecule has 8 nitrogen and oxygen atoms in total. The molecular formula is C54H40N4O4Zn4. The van der Waals surface area contributed by atoms with Crippen molar-refractivity contribution in [1.29, 1.82) is 0 Å². The van der Waals surface area contributed by atoms with Gasteiger partial charge in [0.15, 0.2) is 0 Å². The van der Waals surface area contributed by atoms with Crippen LogP contribution in [-0.2, 0) is 77.9 Å². The third-order valence-electron chi connectivity index (χ3n) is 10.5. The van der Waals surface area contributed by atoms with Gasteiger partial charge in [0.05, 0.1) is 34.3 Å². The summed E-state index contributed by atoms with van der Waals surface area (Å²) < 4.78 is 40.0. The Balaban J connectivity index is 0.000000173. The Morgan fingerprint density at radius 3 is 1.30 bits per heavy atom. The van der Waals surface area contributed by atoms with E-state index in [-0.39, 0.29) is 113 Å². The summed E-state index contributed by atoms with van der Waals surface area (Å²) in [6.07, 6.45) is 6.69. The number of hydrogen-bond acceptors (Lipinski definition) is 8. The van der Waals surface area contributed by atoms with Crippen molar-refractivity contribution in [3.63, 3.8) is 0 Å². The second-order valence-corrected chi connectivity index (χ2v) is 14.5. The molecule has 0 saturated carbocycles. The van der Waals surface area contributed by atoms with Crippen molar-refractivity contribution in [2.75, 3.05) is 0 Å². The summed E-state index contributed by atoms with van der Waals surface area (Å²) in [5.41, 5.74) is 4.47. The zero-order valence-corrected chi connectivity index (χ0v) is 48.2. The van der Waals surface area contributed by atoms with Gasteiger partial charge in [0.2, 0.25) is 0 Å². The topological polar surface area (TPSA) is 132 Å². The standard InChI is InChI=1S/2C14H11NO.2C13H9NO.4Zn/c1-9-8-10-4-3-7-15-14(10)13-11(9)5-2-6-12(13)16;1-9-8-10-4-2-6-12(16)13(10)14-11(9)5-3-7-15-14;2*15-11-5-1-3-9-6-7-10-4-2-8-14-13(10)12(9)11;;;;/h2*2-8,16H,1H3;2*1-8,15H;;;;/i2*8D;6D,7D;7D;;;;. The fraction of sp³-hybridized carbons (Fsp3) is 0.0370. The Morgan fingerprint density at radius 1 is 0.333 bits per heavy atom. The van der Waals surface area contributed by atoms with E-state index in [1.54, 1.807) is 104 Å². The van der Waals surface area contributed by atoms with E-state index in [2.05, 4.69) is 19.9 Å². The SMILES string of the molecule is [2H]c1c(C)c2cccc(O)c2c2ncccc12.[2H]c1c(C)c2cccnc2c2c(O)cccc12.[2H]c1c([2H])c2cccc(O)c2c2ncccc12.[2H]c1cc2cccc(O)c2c2ncccc12.[Zn].[Zn].[Zn].[Zn]. The Morgan fingerprint density at radius 2 is 0.697 bits per heavy atom. The van der Waals surface area contributed by atoms with Gasteiger partial charge in [0.25, 0.3) is 0 Å². The number of fused-ring (bicyclic) bond motifs is 12. The number of aromatic hydroxyl groups is 4. The van der Waals surface area contributed by atoms with Crippen LogP contribution in [-0.4, -0.2) is 40.4 Å². The van der Waals surface area contributed by atoms with Crippen molar-refractivity contribution in [2.24, 2.45) is 0 Å². The van der Waals surface area contributed by atoms with Crippen molar-refractivity contribution in [3.05, 3.63) is 194 Å². The van der Waals surface area contributed by atoms with Crippen LogP contribution in [0.1, 0.15) is 18.0 Å². The quantitative estimate of drug-likeness (QED) is 0.0872. The monoisotopic (exact) mass is 1070 g/mol. The average molecular weight is 1080 g/mol. The van der Waals surface area contributed by atoms with Gasteiger partial charge < -0.3 is 20.4 Å². The van der Waals surface area contributed by atoms with Crippen molar-refractivity contribution in [2.45, 2.75) is 13.8 Å². The zero-order valence-electron chi connectivity index (χ0n) is 41.3. The Hall–Kier alpha value is -5.87. The molecule has 0 amide bonds. The summed E-state index contributed by atoms with van der Waals surface area (Å²) >= 11 is 0. The molecule has 0 saturated heterocycles. The van der Waals surface area contributed by atoms with Gasteiger partial charge >= 0.3 is 0 Å². The molecule has 0 bridgehead atoms. The first-order valence-electron chi connectivity index (χ1n) is 22.2. The smallest absolute Gasteiger partial charge is 0.125 e. The van der Waals surface area contributed by atoms with Crippen LogP contribution >= 0.6 is 0 Å². The van der Waals surface area contributed by atoms with Crippen LogP contribution in [0.4, 0.5) is 0 Å². The van der Waals surface area contributed by atoms with Gasteiger partial charge in [-0.1, -0.05) is 103 Å². The molecule has 308 valence electrons. The molecule has 12 heteroatoms. The maximum atomic E-state index is 9.98. The van der Waals surface area contributed by atoms with Gasteiger partial charge in [-0.2, -0.15) is 0 Å². The Kier molecular flexibility index (Phi) is 15.0. The summed E-state index contributed by atoms with van der Waals surface area (Å²) in [6.45, 7) is 3.81. The zero-order chi connectivity index (χ0) is 47.1. The number of aryl methyl sites for hydroxylation is 2. The van der Waals surface area contributed by atoms with Gasteiger partial charge in [-0.25, -0.2) is 0 Å². The van der Waals surface area contributed by atoms with E-state index in [0.717, 1.165) is 54.3 Å². The molecule has 0 unspecified atom stereocenters. The van der Waals surface area contributed by atoms with E-state index < -0.39 is 0 Å². The van der Waals surface area contributed by atoms with E-state index in [1.807, 2.05) is 62.4 Å². The third-order valence-corrected chi connectivity index (χ3v) is 10.5. The van der Waals surface area contributed by atoms with Crippen molar-refractivity contribution in [1.82, 2.24) is 19.9 Å². The number of phenolic OH excluding ortho intramolecular Hbond substituents is 4. The first-order chi connectivity index (χ1) is 32.4. The van der Waals surface area contributed by atoms with Crippen LogP contribution in [0.2, 0.25) is 0 Å². The van der Waals surface area contributed by atoms with Gasteiger partial charge in [-0.15, -0.1) is 0 Å². The van der Waals surface area contributed by atoms with Gasteiger partial charge in [0.1, 0.15) is 23.0 Å². The molecular weight excluding hydrogens is 1030 g/mol. The van der Waals surface area contributed by atoms with Crippen LogP contribution in [0.15, 0.2) is 182 Å². The second-order valence-electron chi connectivity index (χ2n) is 14.5. The molecule has 0 spiro atoms. The molecule has 0 aliphatic heterocycles. The number of nitrogens with zero attached hydrogens (tertiary/aromatic N) is 4. The number of hydrogen-bond donors (Lipinski definition) is 4. The van der Waals surface area contributed by atoms with Crippen molar-refractivity contribution >= 4 is 86.7 Å². The number of rotatable bonds is 0. The first-order valence-corrected chi connectivity index (χ1v) is 19.7. The molecule has 4 heterocycles. The summed E-state index contributed by atoms with van der Waals surface area (Å²) in [5, 5.41) is 48.4. The number of aromatic nitrogens is 4. The molecule has 12 rings (SSSR count). The van der Waals surface area contributed by atoms with Crippen LogP contribution in [0.25, 0.3) is 86.7 Å². The predicted octanol–water partition coefficient (Wildman–Crippen LogP) is 13.0. The van der Waals surface area contributed by atoms with Gasteiger partial charge in [-0.3, -0.25) is 19.9 Å². The fourth-order valence-corrected chi connectivity index (χ4v) is 7.69. The van der Waals surface area contributed by atoms with E-state index >= 15 is 0 Å². The molecule has 0 atom stereocenters. The average Bonchev–Trinajstić information content (AvgIpc) is 3.35. The molecule has 66 heavy (non-hydrogen) atoms. The molecule has 0 aliphatic rings. The molecule has 4 aromatic heterocycles. The maximum Gasteiger partial charge on any atom is 0.125 e. The summed E-state index contributed by atoms with van der Waals surface area (Å²) in [5.74, 6) is 0.704. The number of phenols is 4. The molecule has 0 fully saturated rings. The minimum Gasteiger partial charge on any atom is -0.507 e. The summed E-state index contributed by atoms with van der Waals surface area (Å²) in [6, 6.07) is 38.8.